The van der Waals surface area contributed by atoms with Gasteiger partial charge in [0.15, 0.2) is 5.82 Å². The topological polar surface area (TPSA) is 73.5 Å². The van der Waals surface area contributed by atoms with Gasteiger partial charge in [-0.3, -0.25) is 9.36 Å². The minimum atomic E-state index is 0.680. The average Bonchev–Trinajstić information content (AvgIpc) is 2.99. The largest absolute Gasteiger partial charge is 0.364 e. The van der Waals surface area contributed by atoms with E-state index < -0.39 is 0 Å². The molecule has 3 aromatic rings. The molecule has 0 unspecified atom stereocenters. The molecule has 0 amide bonds. The smallest absolute Gasteiger partial charge is 0.155 e. The normalized spacial score (nSPS) is 11.2. The Morgan fingerprint density at radius 3 is 2.71 bits per heavy atom. The van der Waals surface area contributed by atoms with Crippen molar-refractivity contribution in [3.8, 4) is 0 Å². The van der Waals surface area contributed by atoms with E-state index in [1.165, 1.54) is 0 Å². The van der Waals surface area contributed by atoms with Crippen molar-refractivity contribution in [1.29, 1.82) is 0 Å². The summed E-state index contributed by atoms with van der Waals surface area (Å²) in [5.74, 6) is 0.811. The second-order valence-electron chi connectivity index (χ2n) is 5.05. The first-order chi connectivity index (χ1) is 10.1. The average molecular weight is 285 g/mol. The van der Waals surface area contributed by atoms with Gasteiger partial charge in [0.2, 0.25) is 0 Å². The zero-order valence-electron chi connectivity index (χ0n) is 12.8. The van der Waals surface area contributed by atoms with Crippen molar-refractivity contribution < 1.29 is 0 Å². The van der Waals surface area contributed by atoms with Gasteiger partial charge in [0.1, 0.15) is 17.4 Å². The van der Waals surface area contributed by atoms with Gasteiger partial charge in [-0.15, -0.1) is 0 Å². The van der Waals surface area contributed by atoms with Crippen LogP contribution in [0.15, 0.2) is 12.5 Å². The van der Waals surface area contributed by atoms with Crippen LogP contribution in [-0.2, 0) is 20.1 Å². The summed E-state index contributed by atoms with van der Waals surface area (Å²) >= 11 is 0. The Bertz CT molecular complexity index is 784. The highest BCUT2D eigenvalue weighted by Gasteiger charge is 2.13. The van der Waals surface area contributed by atoms with Gasteiger partial charge in [0.25, 0.3) is 0 Å². The fourth-order valence-electron chi connectivity index (χ4n) is 2.42. The van der Waals surface area contributed by atoms with E-state index in [4.69, 9.17) is 0 Å². The van der Waals surface area contributed by atoms with Gasteiger partial charge in [0, 0.05) is 31.4 Å². The molecule has 0 aliphatic heterocycles. The van der Waals surface area contributed by atoms with Crippen LogP contribution in [0.3, 0.4) is 0 Å². The molecule has 0 saturated heterocycles. The molecule has 0 saturated carbocycles. The molecule has 21 heavy (non-hydrogen) atoms. The first-order valence-corrected chi connectivity index (χ1v) is 7.01. The monoisotopic (exact) mass is 285 g/mol. The lowest BCUT2D eigenvalue weighted by Crippen LogP contribution is -2.06. The molecular weight excluding hydrogens is 266 g/mol. The summed E-state index contributed by atoms with van der Waals surface area (Å²) in [6.07, 6.45) is 3.46. The van der Waals surface area contributed by atoms with Crippen LogP contribution in [0.2, 0.25) is 0 Å². The van der Waals surface area contributed by atoms with Crippen LogP contribution in [-0.4, -0.2) is 29.5 Å². The van der Waals surface area contributed by atoms with Crippen LogP contribution in [0.5, 0.6) is 0 Å². The van der Waals surface area contributed by atoms with Gasteiger partial charge < -0.3 is 5.32 Å². The predicted octanol–water partition coefficient (Wildman–Crippen LogP) is 1.81. The van der Waals surface area contributed by atoms with Crippen molar-refractivity contribution in [3.63, 3.8) is 0 Å². The van der Waals surface area contributed by atoms with Crippen molar-refractivity contribution in [2.45, 2.75) is 33.9 Å². The summed E-state index contributed by atoms with van der Waals surface area (Å²) in [4.78, 5) is 8.71. The highest BCUT2D eigenvalue weighted by atomic mass is 15.3. The third-order valence-electron chi connectivity index (χ3n) is 3.78. The SMILES string of the molecule is CCn1nc(C)c2ncnc(NCc3cnn(C)c3C)c21. The van der Waals surface area contributed by atoms with Gasteiger partial charge in [-0.05, 0) is 20.8 Å². The molecule has 0 aliphatic carbocycles. The molecule has 3 aromatic heterocycles. The minimum absolute atomic E-state index is 0.680. The summed E-state index contributed by atoms with van der Waals surface area (Å²) < 4.78 is 3.80. The van der Waals surface area contributed by atoms with Crippen LogP contribution >= 0.6 is 0 Å². The predicted molar refractivity (Wildman–Crippen MR) is 81.0 cm³/mol. The highest BCUT2D eigenvalue weighted by Crippen LogP contribution is 2.22. The van der Waals surface area contributed by atoms with Gasteiger partial charge >= 0.3 is 0 Å². The van der Waals surface area contributed by atoms with Crippen LogP contribution < -0.4 is 5.32 Å². The van der Waals surface area contributed by atoms with Crippen LogP contribution in [0.25, 0.3) is 11.0 Å². The number of anilines is 1. The van der Waals surface area contributed by atoms with Crippen molar-refractivity contribution in [3.05, 3.63) is 29.5 Å². The molecule has 0 fully saturated rings. The number of aromatic nitrogens is 6. The van der Waals surface area contributed by atoms with Crippen LogP contribution in [0.1, 0.15) is 23.9 Å². The third-order valence-corrected chi connectivity index (χ3v) is 3.78. The first kappa shape index (κ1) is 13.5. The third kappa shape index (κ3) is 2.24. The van der Waals surface area contributed by atoms with Crippen LogP contribution in [0, 0.1) is 13.8 Å². The van der Waals surface area contributed by atoms with E-state index in [2.05, 4.69) is 39.3 Å². The lowest BCUT2D eigenvalue weighted by molar-refractivity contribution is 0.675. The van der Waals surface area contributed by atoms with Crippen molar-refractivity contribution in [1.82, 2.24) is 29.5 Å². The summed E-state index contributed by atoms with van der Waals surface area (Å²) in [5.41, 5.74) is 5.09. The lowest BCUT2D eigenvalue weighted by atomic mass is 10.2. The van der Waals surface area contributed by atoms with Crippen molar-refractivity contribution >= 4 is 16.9 Å². The maximum absolute atomic E-state index is 4.50. The lowest BCUT2D eigenvalue weighted by Gasteiger charge is -2.08. The molecule has 0 aromatic carbocycles. The van der Waals surface area contributed by atoms with Crippen LogP contribution in [0.4, 0.5) is 5.82 Å². The molecule has 0 aliphatic rings. The summed E-state index contributed by atoms with van der Waals surface area (Å²) in [6.45, 7) is 7.56. The Balaban J connectivity index is 1.95. The van der Waals surface area contributed by atoms with E-state index in [0.717, 1.165) is 40.3 Å². The number of hydrogen-bond donors (Lipinski definition) is 1. The fourth-order valence-corrected chi connectivity index (χ4v) is 2.42. The zero-order valence-corrected chi connectivity index (χ0v) is 12.8. The van der Waals surface area contributed by atoms with E-state index in [-0.39, 0.29) is 0 Å². The molecule has 0 spiro atoms. The Labute approximate surface area is 123 Å². The summed E-state index contributed by atoms with van der Waals surface area (Å²) in [5, 5.41) is 12.1. The van der Waals surface area contributed by atoms with Gasteiger partial charge in [-0.25, -0.2) is 9.97 Å². The van der Waals surface area contributed by atoms with E-state index in [1.807, 2.05) is 29.5 Å². The Kier molecular flexibility index (Phi) is 3.32. The maximum atomic E-state index is 4.50. The van der Waals surface area contributed by atoms with Gasteiger partial charge in [-0.1, -0.05) is 0 Å². The molecular formula is C14H19N7. The number of hydrogen-bond acceptors (Lipinski definition) is 5. The quantitative estimate of drug-likeness (QED) is 0.791. The van der Waals surface area contributed by atoms with Gasteiger partial charge in [-0.2, -0.15) is 10.2 Å². The first-order valence-electron chi connectivity index (χ1n) is 7.01. The number of nitrogens with zero attached hydrogens (tertiary/aromatic N) is 6. The molecule has 7 heteroatoms. The number of aryl methyl sites for hydroxylation is 3. The number of nitrogens with one attached hydrogen (secondary N) is 1. The molecule has 110 valence electrons. The van der Waals surface area contributed by atoms with E-state index in [0.29, 0.717) is 6.54 Å². The molecule has 0 radical (unpaired) electrons. The van der Waals surface area contributed by atoms with E-state index >= 15 is 0 Å². The summed E-state index contributed by atoms with van der Waals surface area (Å²) in [7, 11) is 1.94. The highest BCUT2D eigenvalue weighted by molar-refractivity contribution is 5.87. The number of fused-ring (bicyclic) bond motifs is 1. The van der Waals surface area contributed by atoms with E-state index in [9.17, 15) is 0 Å². The minimum Gasteiger partial charge on any atom is -0.364 e. The molecule has 3 heterocycles. The molecule has 3 rings (SSSR count). The Morgan fingerprint density at radius 1 is 1.24 bits per heavy atom. The van der Waals surface area contributed by atoms with Crippen molar-refractivity contribution in [2.24, 2.45) is 7.05 Å². The summed E-state index contributed by atoms with van der Waals surface area (Å²) in [6, 6.07) is 0. The van der Waals surface area contributed by atoms with Gasteiger partial charge in [0.05, 0.1) is 11.9 Å². The number of rotatable bonds is 4. The van der Waals surface area contributed by atoms with E-state index in [1.54, 1.807) is 6.33 Å². The second kappa shape index (κ2) is 5.16. The molecule has 0 atom stereocenters. The molecule has 7 nitrogen and oxygen atoms in total. The Hall–Kier alpha value is -2.44. The standard InChI is InChI=1S/C14H19N7/c1-5-21-13-12(9(2)19-21)16-8-17-14(13)15-6-11-7-18-20(4)10(11)3/h7-8H,5-6H2,1-4H3,(H,15,16,17). The van der Waals surface area contributed by atoms with Crippen molar-refractivity contribution in [2.75, 3.05) is 5.32 Å². The maximum Gasteiger partial charge on any atom is 0.155 e. The Morgan fingerprint density at radius 2 is 2.05 bits per heavy atom. The molecule has 0 bridgehead atoms. The molecule has 1 N–H and O–H groups in total. The fraction of sp³-hybridized carbons (Fsp3) is 0.429. The second-order valence-corrected chi connectivity index (χ2v) is 5.05. The zero-order chi connectivity index (χ0) is 15.0.